The molecule has 0 unspecified atom stereocenters. The smallest absolute Gasteiger partial charge is 0.307 e. The lowest BCUT2D eigenvalue weighted by molar-refractivity contribution is -0.138. The zero-order valence-electron chi connectivity index (χ0n) is 17.3. The Bertz CT molecular complexity index is 1060. The van der Waals surface area contributed by atoms with Crippen LogP contribution in [-0.4, -0.2) is 30.2 Å². The van der Waals surface area contributed by atoms with Gasteiger partial charge in [-0.05, 0) is 59.7 Å². The predicted octanol–water partition coefficient (Wildman–Crippen LogP) is 4.96. The van der Waals surface area contributed by atoms with Crippen LogP contribution in [0.3, 0.4) is 0 Å². The molecule has 30 heavy (non-hydrogen) atoms. The second-order valence-electron chi connectivity index (χ2n) is 8.77. The van der Waals surface area contributed by atoms with Crippen molar-refractivity contribution in [3.63, 3.8) is 0 Å². The van der Waals surface area contributed by atoms with Gasteiger partial charge >= 0.3 is 5.97 Å². The van der Waals surface area contributed by atoms with Gasteiger partial charge in [0.15, 0.2) is 0 Å². The van der Waals surface area contributed by atoms with E-state index in [2.05, 4.69) is 83.9 Å². The minimum absolute atomic E-state index is 0.188. The molecule has 154 valence electrons. The van der Waals surface area contributed by atoms with E-state index >= 15 is 0 Å². The van der Waals surface area contributed by atoms with E-state index in [1.807, 2.05) is 0 Å². The van der Waals surface area contributed by atoms with Crippen LogP contribution in [0.2, 0.25) is 0 Å². The van der Waals surface area contributed by atoms with Crippen molar-refractivity contribution < 1.29 is 9.90 Å². The van der Waals surface area contributed by atoms with Crippen molar-refractivity contribution in [1.82, 2.24) is 5.32 Å². The zero-order chi connectivity index (χ0) is 20.7. The van der Waals surface area contributed by atoms with E-state index in [9.17, 15) is 4.79 Å². The highest BCUT2D eigenvalue weighted by Gasteiger charge is 2.44. The molecule has 2 N–H and O–H groups in total. The Hall–Kier alpha value is -2.85. The first-order valence-electron chi connectivity index (χ1n) is 10.9. The highest BCUT2D eigenvalue weighted by molar-refractivity contribution is 5.86. The molecule has 0 bridgehead atoms. The van der Waals surface area contributed by atoms with Crippen molar-refractivity contribution in [3.8, 4) is 0 Å². The Morgan fingerprint density at radius 1 is 1.07 bits per heavy atom. The molecule has 1 aliphatic heterocycles. The second-order valence-corrected chi connectivity index (χ2v) is 8.77. The topological polar surface area (TPSA) is 52.6 Å². The summed E-state index contributed by atoms with van der Waals surface area (Å²) in [5.74, 6) is -0.657. The van der Waals surface area contributed by atoms with Crippen LogP contribution >= 0.6 is 0 Å². The number of nitrogens with zero attached hydrogens (tertiary/aromatic N) is 1. The van der Waals surface area contributed by atoms with E-state index in [-0.39, 0.29) is 11.8 Å². The summed E-state index contributed by atoms with van der Waals surface area (Å²) in [5, 5.41) is 15.6. The monoisotopic (exact) mass is 400 g/mol. The summed E-state index contributed by atoms with van der Waals surface area (Å²) in [6.45, 7) is 4.30. The number of carboxylic acid groups (broad SMARTS) is 1. The van der Waals surface area contributed by atoms with Crippen LogP contribution in [0.1, 0.15) is 42.9 Å². The van der Waals surface area contributed by atoms with E-state index in [4.69, 9.17) is 5.11 Å². The average molecular weight is 401 g/mol. The minimum Gasteiger partial charge on any atom is -0.481 e. The SMILES string of the molecule is C[C@@H](N[C@H]1CCN(c2ccc([C@H]3C[C@@H]3C(=O)O)cc2)C1)c1cccc2ccccc12. The number of hydrogen-bond donors (Lipinski definition) is 2. The second kappa shape index (κ2) is 7.77. The lowest BCUT2D eigenvalue weighted by Crippen LogP contribution is -2.34. The Morgan fingerprint density at radius 3 is 2.60 bits per heavy atom. The fourth-order valence-corrected chi connectivity index (χ4v) is 4.97. The summed E-state index contributed by atoms with van der Waals surface area (Å²) in [6, 6.07) is 24.4. The third-order valence-electron chi connectivity index (χ3n) is 6.76. The Kier molecular flexibility index (Phi) is 4.95. The maximum atomic E-state index is 11.1. The number of benzene rings is 3. The van der Waals surface area contributed by atoms with Crippen LogP contribution in [-0.2, 0) is 4.79 Å². The van der Waals surface area contributed by atoms with Crippen LogP contribution in [0.4, 0.5) is 5.69 Å². The fraction of sp³-hybridized carbons (Fsp3) is 0.346. The number of anilines is 1. The Morgan fingerprint density at radius 2 is 1.83 bits per heavy atom. The van der Waals surface area contributed by atoms with Gasteiger partial charge in [-0.25, -0.2) is 0 Å². The van der Waals surface area contributed by atoms with Gasteiger partial charge in [-0.2, -0.15) is 0 Å². The lowest BCUT2D eigenvalue weighted by atomic mass is 9.99. The number of nitrogens with one attached hydrogen (secondary N) is 1. The molecule has 2 fully saturated rings. The van der Waals surface area contributed by atoms with Crippen molar-refractivity contribution in [1.29, 1.82) is 0 Å². The zero-order valence-corrected chi connectivity index (χ0v) is 17.3. The van der Waals surface area contributed by atoms with Crippen LogP contribution in [0.15, 0.2) is 66.7 Å². The number of rotatable bonds is 6. The van der Waals surface area contributed by atoms with Crippen LogP contribution in [0.25, 0.3) is 10.8 Å². The Labute approximate surface area is 177 Å². The molecule has 4 atom stereocenters. The number of aliphatic carboxylic acids is 1. The molecule has 0 amide bonds. The number of fused-ring (bicyclic) bond motifs is 1. The predicted molar refractivity (Wildman–Crippen MR) is 121 cm³/mol. The molecule has 0 radical (unpaired) electrons. The van der Waals surface area contributed by atoms with Crippen LogP contribution in [0, 0.1) is 5.92 Å². The first-order chi connectivity index (χ1) is 14.6. The molecule has 1 heterocycles. The summed E-state index contributed by atoms with van der Waals surface area (Å²) in [7, 11) is 0. The standard InChI is InChI=1S/C26H28N2O2/c1-17(22-8-4-6-18-5-2-3-7-23(18)22)27-20-13-14-28(16-20)21-11-9-19(10-12-21)24-15-25(24)26(29)30/h2-12,17,20,24-25,27H,13-16H2,1H3,(H,29,30)/t17-,20+,24-,25+/m1/s1. The molecular formula is C26H28N2O2. The van der Waals surface area contributed by atoms with Crippen molar-refractivity contribution in [2.24, 2.45) is 5.92 Å². The van der Waals surface area contributed by atoms with Gasteiger partial charge in [0.2, 0.25) is 0 Å². The molecule has 5 rings (SSSR count). The fourth-order valence-electron chi connectivity index (χ4n) is 4.97. The van der Waals surface area contributed by atoms with Crippen molar-refractivity contribution in [3.05, 3.63) is 77.9 Å². The van der Waals surface area contributed by atoms with Gasteiger partial charge in [-0.1, -0.05) is 54.6 Å². The molecule has 0 aromatic heterocycles. The largest absolute Gasteiger partial charge is 0.481 e. The maximum Gasteiger partial charge on any atom is 0.307 e. The van der Waals surface area contributed by atoms with E-state index < -0.39 is 5.97 Å². The number of carbonyl (C=O) groups is 1. The van der Waals surface area contributed by atoms with E-state index in [1.165, 1.54) is 22.0 Å². The summed E-state index contributed by atoms with van der Waals surface area (Å²) in [4.78, 5) is 13.5. The van der Waals surface area contributed by atoms with Crippen LogP contribution in [0.5, 0.6) is 0 Å². The van der Waals surface area contributed by atoms with E-state index in [0.717, 1.165) is 31.5 Å². The highest BCUT2D eigenvalue weighted by atomic mass is 16.4. The first kappa shape index (κ1) is 19.1. The molecule has 1 aliphatic carbocycles. The number of carboxylic acids is 1. The third kappa shape index (κ3) is 3.68. The molecule has 1 saturated carbocycles. The minimum atomic E-state index is -0.669. The van der Waals surface area contributed by atoms with Gasteiger partial charge in [0.05, 0.1) is 5.92 Å². The molecule has 2 aliphatic rings. The van der Waals surface area contributed by atoms with Gasteiger partial charge in [-0.3, -0.25) is 4.79 Å². The average Bonchev–Trinajstić information content (AvgIpc) is 3.45. The van der Waals surface area contributed by atoms with Crippen molar-refractivity contribution in [2.45, 2.75) is 37.8 Å². The van der Waals surface area contributed by atoms with Gasteiger partial charge < -0.3 is 15.3 Å². The van der Waals surface area contributed by atoms with E-state index in [1.54, 1.807) is 0 Å². The summed E-state index contributed by atoms with van der Waals surface area (Å²) in [6.07, 6.45) is 1.90. The van der Waals surface area contributed by atoms with Gasteiger partial charge in [0, 0.05) is 30.9 Å². The molecule has 4 nitrogen and oxygen atoms in total. The molecule has 4 heteroatoms. The van der Waals surface area contributed by atoms with Crippen molar-refractivity contribution in [2.75, 3.05) is 18.0 Å². The van der Waals surface area contributed by atoms with Crippen LogP contribution < -0.4 is 10.2 Å². The molecule has 1 saturated heterocycles. The summed E-state index contributed by atoms with van der Waals surface area (Å²) < 4.78 is 0. The normalized spacial score (nSPS) is 24.2. The maximum absolute atomic E-state index is 11.1. The third-order valence-corrected chi connectivity index (χ3v) is 6.76. The molecule has 0 spiro atoms. The molecule has 3 aromatic carbocycles. The molecular weight excluding hydrogens is 372 g/mol. The van der Waals surface area contributed by atoms with Crippen molar-refractivity contribution >= 4 is 22.4 Å². The summed E-state index contributed by atoms with van der Waals surface area (Å²) in [5.41, 5.74) is 3.74. The highest BCUT2D eigenvalue weighted by Crippen LogP contribution is 2.47. The van der Waals surface area contributed by atoms with Gasteiger partial charge in [0.1, 0.15) is 0 Å². The van der Waals surface area contributed by atoms with E-state index in [0.29, 0.717) is 12.1 Å². The quantitative estimate of drug-likeness (QED) is 0.614. The lowest BCUT2D eigenvalue weighted by Gasteiger charge is -2.23. The van der Waals surface area contributed by atoms with Gasteiger partial charge in [-0.15, -0.1) is 0 Å². The molecule has 3 aromatic rings. The Balaban J connectivity index is 1.22. The summed E-state index contributed by atoms with van der Waals surface area (Å²) >= 11 is 0. The first-order valence-corrected chi connectivity index (χ1v) is 10.9. The number of hydrogen-bond acceptors (Lipinski definition) is 3. The van der Waals surface area contributed by atoms with Gasteiger partial charge in [0.25, 0.3) is 0 Å².